The quantitative estimate of drug-likeness (QED) is 0.779. The molecular weight excluding hydrogens is 278 g/mol. The number of anilines is 2. The Labute approximate surface area is 129 Å². The summed E-state index contributed by atoms with van der Waals surface area (Å²) in [6.45, 7) is 0.671. The zero-order chi connectivity index (χ0) is 15.5. The van der Waals surface area contributed by atoms with Crippen LogP contribution < -0.4 is 21.5 Å². The highest BCUT2D eigenvalue weighted by Gasteiger charge is 2.29. The van der Waals surface area contributed by atoms with E-state index < -0.39 is 0 Å². The van der Waals surface area contributed by atoms with Crippen molar-refractivity contribution in [2.24, 2.45) is 5.73 Å². The average molecular weight is 299 g/mol. The smallest absolute Gasteiger partial charge is 0.222 e. The van der Waals surface area contributed by atoms with Gasteiger partial charge in [-0.05, 0) is 30.5 Å². The number of ether oxygens (including phenoxy) is 1. The number of nitrogens with two attached hydrogens (primary N) is 2. The summed E-state index contributed by atoms with van der Waals surface area (Å²) in [6, 6.07) is 10.2. The highest BCUT2D eigenvalue weighted by molar-refractivity contribution is 5.43. The van der Waals surface area contributed by atoms with E-state index in [4.69, 9.17) is 16.2 Å². The lowest BCUT2D eigenvalue weighted by molar-refractivity contribution is 0.345. The molecule has 116 valence electrons. The molecule has 1 saturated carbocycles. The Morgan fingerprint density at radius 3 is 2.59 bits per heavy atom. The van der Waals surface area contributed by atoms with Crippen molar-refractivity contribution < 1.29 is 4.74 Å². The zero-order valence-corrected chi connectivity index (χ0v) is 12.6. The first-order chi connectivity index (χ1) is 10.6. The second-order valence-corrected chi connectivity index (χ2v) is 5.67. The van der Waals surface area contributed by atoms with Crippen LogP contribution in [0, 0.1) is 0 Å². The van der Waals surface area contributed by atoms with Gasteiger partial charge in [-0.3, -0.25) is 0 Å². The number of nitrogens with zero attached hydrogens (tertiary/aromatic N) is 2. The molecule has 1 aliphatic carbocycles. The van der Waals surface area contributed by atoms with Gasteiger partial charge in [0.1, 0.15) is 11.6 Å². The standard InChI is InChI=1S/C16H21N5O/c1-22-13-4-2-10(3-5-13)9-19-15-8-14(20-16(18)21-15)11-6-12(17)7-11/h2-5,8,11-12H,6-7,9,17H2,1H3,(H3,18,19,20,21). The molecule has 1 aromatic carbocycles. The van der Waals surface area contributed by atoms with Crippen LogP contribution in [-0.2, 0) is 6.54 Å². The van der Waals surface area contributed by atoms with E-state index in [0.29, 0.717) is 18.4 Å². The molecule has 2 aromatic rings. The number of hydrogen-bond acceptors (Lipinski definition) is 6. The molecule has 1 fully saturated rings. The number of hydrogen-bond donors (Lipinski definition) is 3. The van der Waals surface area contributed by atoms with E-state index in [1.165, 1.54) is 0 Å². The molecule has 0 spiro atoms. The van der Waals surface area contributed by atoms with Crippen molar-refractivity contribution in [2.45, 2.75) is 31.3 Å². The summed E-state index contributed by atoms with van der Waals surface area (Å²) in [4.78, 5) is 8.56. The van der Waals surface area contributed by atoms with E-state index in [-0.39, 0.29) is 6.04 Å². The highest BCUT2D eigenvalue weighted by atomic mass is 16.5. The fraction of sp³-hybridized carbons (Fsp3) is 0.375. The topological polar surface area (TPSA) is 99.1 Å². The molecule has 0 aliphatic heterocycles. The molecule has 22 heavy (non-hydrogen) atoms. The lowest BCUT2D eigenvalue weighted by Crippen LogP contribution is -2.35. The minimum atomic E-state index is 0.289. The Balaban J connectivity index is 1.66. The predicted molar refractivity (Wildman–Crippen MR) is 86.7 cm³/mol. The Morgan fingerprint density at radius 2 is 1.95 bits per heavy atom. The van der Waals surface area contributed by atoms with Crippen molar-refractivity contribution in [3.8, 4) is 5.75 Å². The summed E-state index contributed by atoms with van der Waals surface area (Å²) < 4.78 is 5.15. The molecule has 1 heterocycles. The van der Waals surface area contributed by atoms with Crippen molar-refractivity contribution in [1.82, 2.24) is 9.97 Å². The number of nitrogens with one attached hydrogen (secondary N) is 1. The fourth-order valence-corrected chi connectivity index (χ4v) is 2.62. The van der Waals surface area contributed by atoms with Crippen LogP contribution in [0.15, 0.2) is 30.3 Å². The van der Waals surface area contributed by atoms with Gasteiger partial charge in [0.05, 0.1) is 12.8 Å². The van der Waals surface area contributed by atoms with Crippen LogP contribution in [0.5, 0.6) is 5.75 Å². The molecule has 1 aromatic heterocycles. The number of benzene rings is 1. The van der Waals surface area contributed by atoms with Crippen LogP contribution in [0.4, 0.5) is 11.8 Å². The van der Waals surface area contributed by atoms with Gasteiger partial charge < -0.3 is 21.5 Å². The Kier molecular flexibility index (Phi) is 4.11. The first kappa shape index (κ1) is 14.6. The molecule has 0 unspecified atom stereocenters. The number of rotatable bonds is 5. The minimum absolute atomic E-state index is 0.289. The number of methoxy groups -OCH3 is 1. The Morgan fingerprint density at radius 1 is 1.23 bits per heavy atom. The van der Waals surface area contributed by atoms with Gasteiger partial charge in [0.15, 0.2) is 0 Å². The van der Waals surface area contributed by atoms with Crippen molar-refractivity contribution in [1.29, 1.82) is 0 Å². The van der Waals surface area contributed by atoms with Crippen LogP contribution in [0.1, 0.15) is 30.0 Å². The fourth-order valence-electron chi connectivity index (χ4n) is 2.62. The monoisotopic (exact) mass is 299 g/mol. The van der Waals surface area contributed by atoms with Gasteiger partial charge in [-0.15, -0.1) is 0 Å². The van der Waals surface area contributed by atoms with E-state index in [1.54, 1.807) is 7.11 Å². The van der Waals surface area contributed by atoms with E-state index in [1.807, 2.05) is 30.3 Å². The van der Waals surface area contributed by atoms with Crippen molar-refractivity contribution in [3.05, 3.63) is 41.6 Å². The Hall–Kier alpha value is -2.34. The third-order valence-corrected chi connectivity index (χ3v) is 3.99. The molecule has 6 heteroatoms. The molecule has 5 N–H and O–H groups in total. The van der Waals surface area contributed by atoms with Crippen molar-refractivity contribution in [2.75, 3.05) is 18.2 Å². The van der Waals surface area contributed by atoms with Gasteiger partial charge >= 0.3 is 0 Å². The summed E-state index contributed by atoms with van der Waals surface area (Å²) in [5.74, 6) is 2.30. The SMILES string of the molecule is COc1ccc(CNc2cc(C3CC(N)C3)nc(N)n2)cc1. The third kappa shape index (κ3) is 3.28. The van der Waals surface area contributed by atoms with E-state index in [9.17, 15) is 0 Å². The normalized spacial score (nSPS) is 20.3. The van der Waals surface area contributed by atoms with E-state index in [0.717, 1.165) is 35.7 Å². The van der Waals surface area contributed by atoms with Crippen LogP contribution in [0.3, 0.4) is 0 Å². The summed E-state index contributed by atoms with van der Waals surface area (Å²) in [6.07, 6.45) is 1.93. The second-order valence-electron chi connectivity index (χ2n) is 5.67. The molecule has 1 aliphatic rings. The van der Waals surface area contributed by atoms with Gasteiger partial charge in [-0.1, -0.05) is 12.1 Å². The molecule has 0 amide bonds. The molecular formula is C16H21N5O. The number of aromatic nitrogens is 2. The van der Waals surface area contributed by atoms with E-state index in [2.05, 4.69) is 15.3 Å². The highest BCUT2D eigenvalue weighted by Crippen LogP contribution is 2.35. The maximum absolute atomic E-state index is 5.84. The number of nitrogen functional groups attached to an aromatic ring is 1. The van der Waals surface area contributed by atoms with Gasteiger partial charge in [-0.2, -0.15) is 4.98 Å². The molecule has 0 saturated heterocycles. The third-order valence-electron chi connectivity index (χ3n) is 3.99. The van der Waals surface area contributed by atoms with Crippen molar-refractivity contribution >= 4 is 11.8 Å². The van der Waals surface area contributed by atoms with E-state index >= 15 is 0 Å². The summed E-state index contributed by atoms with van der Waals surface area (Å²) >= 11 is 0. The lowest BCUT2D eigenvalue weighted by Gasteiger charge is -2.32. The summed E-state index contributed by atoms with van der Waals surface area (Å²) in [7, 11) is 1.66. The van der Waals surface area contributed by atoms with Crippen LogP contribution in [0.2, 0.25) is 0 Å². The molecule has 6 nitrogen and oxygen atoms in total. The van der Waals surface area contributed by atoms with Crippen LogP contribution in [0.25, 0.3) is 0 Å². The minimum Gasteiger partial charge on any atom is -0.497 e. The molecule has 0 radical (unpaired) electrons. The maximum atomic E-state index is 5.84. The summed E-state index contributed by atoms with van der Waals surface area (Å²) in [5.41, 5.74) is 13.8. The predicted octanol–water partition coefficient (Wildman–Crippen LogP) is 1.88. The molecule has 0 bridgehead atoms. The molecule has 0 atom stereocenters. The maximum Gasteiger partial charge on any atom is 0.222 e. The summed E-state index contributed by atoms with van der Waals surface area (Å²) in [5, 5.41) is 3.29. The lowest BCUT2D eigenvalue weighted by atomic mass is 9.78. The molecule has 3 rings (SSSR count). The van der Waals surface area contributed by atoms with Crippen LogP contribution >= 0.6 is 0 Å². The first-order valence-electron chi connectivity index (χ1n) is 7.41. The zero-order valence-electron chi connectivity index (χ0n) is 12.6. The Bertz CT molecular complexity index is 637. The van der Waals surface area contributed by atoms with Crippen molar-refractivity contribution in [3.63, 3.8) is 0 Å². The van der Waals surface area contributed by atoms with Gasteiger partial charge in [0.25, 0.3) is 0 Å². The van der Waals surface area contributed by atoms with Gasteiger partial charge in [-0.25, -0.2) is 4.98 Å². The van der Waals surface area contributed by atoms with Gasteiger partial charge in [0.2, 0.25) is 5.95 Å². The second kappa shape index (κ2) is 6.19. The van der Waals surface area contributed by atoms with Crippen LogP contribution in [-0.4, -0.2) is 23.1 Å². The van der Waals surface area contributed by atoms with Gasteiger partial charge in [0, 0.05) is 24.6 Å². The average Bonchev–Trinajstić information content (AvgIpc) is 2.50. The first-order valence-corrected chi connectivity index (χ1v) is 7.41. The largest absolute Gasteiger partial charge is 0.497 e.